The van der Waals surface area contributed by atoms with Crippen molar-refractivity contribution in [3.05, 3.63) is 34.9 Å². The Morgan fingerprint density at radius 1 is 1.47 bits per heavy atom. The molecule has 0 N–H and O–H groups in total. The van der Waals surface area contributed by atoms with E-state index in [1.165, 1.54) is 0 Å². The van der Waals surface area contributed by atoms with Crippen LogP contribution in [0.15, 0.2) is 24.3 Å². The topological polar surface area (TPSA) is 18.5 Å². The van der Waals surface area contributed by atoms with Gasteiger partial charge in [-0.2, -0.15) is 0 Å². The average molecular weight is 227 g/mol. The molecule has 1 fully saturated rings. The Kier molecular flexibility index (Phi) is 3.01. The Morgan fingerprint density at radius 3 is 2.80 bits per heavy atom. The zero-order valence-corrected chi connectivity index (χ0v) is 9.75. The Bertz CT molecular complexity index is 353. The largest absolute Gasteiger partial charge is 0.343 e. The molecule has 3 heteroatoms. The summed E-state index contributed by atoms with van der Waals surface area (Å²) in [6.07, 6.45) is 1.13. The zero-order chi connectivity index (χ0) is 10.9. The molecular weight excluding hydrogens is 212 g/mol. The van der Waals surface area contributed by atoms with Crippen LogP contribution >= 0.6 is 11.6 Å². The quantitative estimate of drug-likeness (QED) is 0.770. The van der Waals surface area contributed by atoms with Gasteiger partial charge in [0.15, 0.2) is 5.79 Å². The smallest absolute Gasteiger partial charge is 0.193 e. The molecule has 2 atom stereocenters. The fraction of sp³-hybridized carbons (Fsp3) is 0.500. The molecule has 2 nitrogen and oxygen atoms in total. The van der Waals surface area contributed by atoms with E-state index in [0.717, 1.165) is 12.0 Å². The average Bonchev–Trinajstić information content (AvgIpc) is 2.62. The molecule has 15 heavy (non-hydrogen) atoms. The second kappa shape index (κ2) is 4.12. The highest BCUT2D eigenvalue weighted by molar-refractivity contribution is 6.31. The van der Waals surface area contributed by atoms with Crippen LogP contribution in [0.3, 0.4) is 0 Å². The lowest BCUT2D eigenvalue weighted by Gasteiger charge is -2.24. The highest BCUT2D eigenvalue weighted by atomic mass is 35.5. The molecule has 1 aromatic rings. The van der Waals surface area contributed by atoms with Crippen molar-refractivity contribution in [1.82, 2.24) is 0 Å². The molecule has 2 unspecified atom stereocenters. The van der Waals surface area contributed by atoms with Gasteiger partial charge < -0.3 is 9.47 Å². The third-order valence-electron chi connectivity index (χ3n) is 2.75. The summed E-state index contributed by atoms with van der Waals surface area (Å²) in [5.74, 6) is -0.682. The van der Waals surface area contributed by atoms with Crippen molar-refractivity contribution in [2.75, 3.05) is 6.61 Å². The van der Waals surface area contributed by atoms with E-state index in [2.05, 4.69) is 6.92 Å². The molecular formula is C12H15ClO2. The number of rotatable bonds is 2. The van der Waals surface area contributed by atoms with E-state index in [-0.39, 0.29) is 6.10 Å². The maximum absolute atomic E-state index is 6.12. The zero-order valence-electron chi connectivity index (χ0n) is 9.00. The van der Waals surface area contributed by atoms with Crippen molar-refractivity contribution >= 4 is 11.6 Å². The third kappa shape index (κ3) is 2.03. The van der Waals surface area contributed by atoms with Gasteiger partial charge >= 0.3 is 0 Å². The first-order valence-corrected chi connectivity index (χ1v) is 5.60. The van der Waals surface area contributed by atoms with E-state index in [1.807, 2.05) is 31.2 Å². The highest BCUT2D eigenvalue weighted by Crippen LogP contribution is 2.37. The first kappa shape index (κ1) is 10.9. The lowest BCUT2D eigenvalue weighted by atomic mass is 10.1. The normalized spacial score (nSPS) is 30.7. The Hall–Kier alpha value is -0.570. The minimum atomic E-state index is -0.682. The monoisotopic (exact) mass is 226 g/mol. The van der Waals surface area contributed by atoms with Gasteiger partial charge in [-0.15, -0.1) is 0 Å². The van der Waals surface area contributed by atoms with Crippen molar-refractivity contribution in [2.24, 2.45) is 0 Å². The fourth-order valence-corrected chi connectivity index (χ4v) is 2.12. The first-order chi connectivity index (χ1) is 7.15. The van der Waals surface area contributed by atoms with E-state index in [1.54, 1.807) is 0 Å². The van der Waals surface area contributed by atoms with Crippen LogP contribution in [0.25, 0.3) is 0 Å². The number of benzene rings is 1. The van der Waals surface area contributed by atoms with Crippen molar-refractivity contribution in [1.29, 1.82) is 0 Å². The summed E-state index contributed by atoms with van der Waals surface area (Å²) in [6, 6.07) is 7.65. The predicted octanol–water partition coefficient (Wildman–Crippen LogP) is 3.34. The molecule has 82 valence electrons. The van der Waals surface area contributed by atoms with Crippen LogP contribution in [-0.4, -0.2) is 12.7 Å². The maximum atomic E-state index is 6.12. The van der Waals surface area contributed by atoms with Crippen molar-refractivity contribution in [3.63, 3.8) is 0 Å². The Morgan fingerprint density at radius 2 is 2.20 bits per heavy atom. The lowest BCUT2D eigenvalue weighted by Crippen LogP contribution is -2.24. The molecule has 0 amide bonds. The standard InChI is InChI=1S/C12H15ClO2/c1-3-9-8-14-12(2,15-9)10-6-4-5-7-11(10)13/h4-7,9H,3,8H2,1-2H3. The van der Waals surface area contributed by atoms with E-state index < -0.39 is 5.79 Å². The second-order valence-corrected chi connectivity index (χ2v) is 4.29. The summed E-state index contributed by atoms with van der Waals surface area (Å²) in [7, 11) is 0. The molecule has 0 saturated carbocycles. The summed E-state index contributed by atoms with van der Waals surface area (Å²) < 4.78 is 11.6. The molecule has 1 aliphatic rings. The fourth-order valence-electron chi connectivity index (χ4n) is 1.81. The van der Waals surface area contributed by atoms with Gasteiger partial charge in [0.05, 0.1) is 12.7 Å². The summed E-state index contributed by atoms with van der Waals surface area (Å²) in [5, 5.41) is 0.691. The summed E-state index contributed by atoms with van der Waals surface area (Å²) in [5.41, 5.74) is 0.905. The summed E-state index contributed by atoms with van der Waals surface area (Å²) in [4.78, 5) is 0. The lowest BCUT2D eigenvalue weighted by molar-refractivity contribution is -0.161. The van der Waals surface area contributed by atoms with Crippen molar-refractivity contribution < 1.29 is 9.47 Å². The third-order valence-corrected chi connectivity index (χ3v) is 3.08. The molecule has 0 aliphatic carbocycles. The summed E-state index contributed by atoms with van der Waals surface area (Å²) >= 11 is 6.12. The Balaban J connectivity index is 2.27. The van der Waals surface area contributed by atoms with Gasteiger partial charge in [-0.05, 0) is 19.4 Å². The summed E-state index contributed by atoms with van der Waals surface area (Å²) in [6.45, 7) is 4.65. The van der Waals surface area contributed by atoms with Crippen LogP contribution in [0, 0.1) is 0 Å². The maximum Gasteiger partial charge on any atom is 0.193 e. The van der Waals surface area contributed by atoms with Crippen LogP contribution in [-0.2, 0) is 15.3 Å². The molecule has 2 rings (SSSR count). The van der Waals surface area contributed by atoms with Crippen LogP contribution < -0.4 is 0 Å². The highest BCUT2D eigenvalue weighted by Gasteiger charge is 2.39. The predicted molar refractivity (Wildman–Crippen MR) is 59.9 cm³/mol. The van der Waals surface area contributed by atoms with Gasteiger partial charge in [0.25, 0.3) is 0 Å². The van der Waals surface area contributed by atoms with Gasteiger partial charge in [-0.25, -0.2) is 0 Å². The second-order valence-electron chi connectivity index (χ2n) is 3.88. The van der Waals surface area contributed by atoms with E-state index >= 15 is 0 Å². The minimum absolute atomic E-state index is 0.172. The molecule has 1 aromatic carbocycles. The van der Waals surface area contributed by atoms with E-state index in [4.69, 9.17) is 21.1 Å². The molecule has 1 heterocycles. The first-order valence-electron chi connectivity index (χ1n) is 5.22. The van der Waals surface area contributed by atoms with Gasteiger partial charge in [-0.1, -0.05) is 36.7 Å². The van der Waals surface area contributed by atoms with Crippen molar-refractivity contribution in [3.8, 4) is 0 Å². The molecule has 0 bridgehead atoms. The van der Waals surface area contributed by atoms with Crippen LogP contribution in [0.1, 0.15) is 25.8 Å². The van der Waals surface area contributed by atoms with E-state index in [9.17, 15) is 0 Å². The molecule has 0 radical (unpaired) electrons. The number of hydrogen-bond donors (Lipinski definition) is 0. The number of hydrogen-bond acceptors (Lipinski definition) is 2. The van der Waals surface area contributed by atoms with Crippen molar-refractivity contribution in [2.45, 2.75) is 32.2 Å². The minimum Gasteiger partial charge on any atom is -0.343 e. The number of halogens is 1. The van der Waals surface area contributed by atoms with Gasteiger partial charge in [0, 0.05) is 10.6 Å². The van der Waals surface area contributed by atoms with E-state index in [0.29, 0.717) is 11.6 Å². The van der Waals surface area contributed by atoms with Gasteiger partial charge in [0.1, 0.15) is 0 Å². The van der Waals surface area contributed by atoms with Gasteiger partial charge in [-0.3, -0.25) is 0 Å². The molecule has 0 spiro atoms. The SMILES string of the molecule is CCC1COC(C)(c2ccccc2Cl)O1. The number of ether oxygens (including phenoxy) is 2. The molecule has 1 aliphatic heterocycles. The molecule has 0 aromatic heterocycles. The molecule has 1 saturated heterocycles. The van der Waals surface area contributed by atoms with Gasteiger partial charge in [0.2, 0.25) is 0 Å². The van der Waals surface area contributed by atoms with Crippen LogP contribution in [0.2, 0.25) is 5.02 Å². The van der Waals surface area contributed by atoms with Crippen LogP contribution in [0.5, 0.6) is 0 Å². The van der Waals surface area contributed by atoms with Crippen LogP contribution in [0.4, 0.5) is 0 Å². The Labute approximate surface area is 95.1 Å².